The van der Waals surface area contributed by atoms with Gasteiger partial charge in [0.05, 0.1) is 28.2 Å². The number of nitriles is 1. The fourth-order valence-electron chi connectivity index (χ4n) is 2.08. The molecule has 1 aromatic heterocycles. The number of alkyl halides is 3. The van der Waals surface area contributed by atoms with E-state index in [9.17, 15) is 13.2 Å². The Kier molecular flexibility index (Phi) is 3.18. The van der Waals surface area contributed by atoms with Gasteiger partial charge in [-0.2, -0.15) is 18.4 Å². The fourth-order valence-corrected chi connectivity index (χ4v) is 2.08. The van der Waals surface area contributed by atoms with Crippen LogP contribution < -0.4 is 5.73 Å². The van der Waals surface area contributed by atoms with Crippen molar-refractivity contribution in [1.29, 1.82) is 5.26 Å². The van der Waals surface area contributed by atoms with Gasteiger partial charge in [0.25, 0.3) is 0 Å². The van der Waals surface area contributed by atoms with Crippen LogP contribution in [0.25, 0.3) is 5.69 Å². The van der Waals surface area contributed by atoms with E-state index < -0.39 is 17.3 Å². The van der Waals surface area contributed by atoms with Crippen LogP contribution in [-0.2, 0) is 6.18 Å². The van der Waals surface area contributed by atoms with Gasteiger partial charge in [0, 0.05) is 6.20 Å². The largest absolute Gasteiger partial charge is 0.419 e. The van der Waals surface area contributed by atoms with E-state index in [2.05, 4.69) is 4.98 Å². The van der Waals surface area contributed by atoms with Crippen molar-refractivity contribution in [3.8, 4) is 11.8 Å². The van der Waals surface area contributed by atoms with Crippen LogP contribution in [0.2, 0.25) is 0 Å². The highest BCUT2D eigenvalue weighted by Gasteiger charge is 2.38. The number of hydrogen-bond donors (Lipinski definition) is 1. The van der Waals surface area contributed by atoms with Crippen molar-refractivity contribution < 1.29 is 13.2 Å². The molecule has 0 aliphatic carbocycles. The summed E-state index contributed by atoms with van der Waals surface area (Å²) in [5, 5.41) is 8.95. The van der Waals surface area contributed by atoms with Gasteiger partial charge in [-0.25, -0.2) is 4.98 Å². The summed E-state index contributed by atoms with van der Waals surface area (Å²) in [7, 11) is 0. The molecule has 2 aromatic rings. The van der Waals surface area contributed by atoms with Crippen LogP contribution in [0, 0.1) is 25.2 Å². The summed E-state index contributed by atoms with van der Waals surface area (Å²) in [6, 6.07) is 4.06. The first-order valence-electron chi connectivity index (χ1n) is 5.68. The summed E-state index contributed by atoms with van der Waals surface area (Å²) < 4.78 is 41.1. The Bertz CT molecular complexity index is 708. The molecule has 0 spiro atoms. The molecule has 0 fully saturated rings. The Morgan fingerprint density at radius 1 is 1.30 bits per heavy atom. The van der Waals surface area contributed by atoms with Crippen molar-refractivity contribution in [2.45, 2.75) is 20.0 Å². The van der Waals surface area contributed by atoms with E-state index in [1.165, 1.54) is 29.0 Å². The van der Waals surface area contributed by atoms with Crippen molar-refractivity contribution in [3.05, 3.63) is 41.0 Å². The minimum absolute atomic E-state index is 0.152. The number of halogens is 3. The minimum Gasteiger partial charge on any atom is -0.398 e. The van der Waals surface area contributed by atoms with Crippen LogP contribution in [0.15, 0.2) is 18.3 Å². The van der Waals surface area contributed by atoms with Gasteiger partial charge in [-0.15, -0.1) is 0 Å². The van der Waals surface area contributed by atoms with Crippen molar-refractivity contribution in [1.82, 2.24) is 9.55 Å². The average molecular weight is 280 g/mol. The van der Waals surface area contributed by atoms with E-state index in [1.807, 2.05) is 0 Å². The third-order valence-corrected chi connectivity index (χ3v) is 2.87. The quantitative estimate of drug-likeness (QED) is 0.816. The van der Waals surface area contributed by atoms with Gasteiger partial charge in [0.2, 0.25) is 0 Å². The third-order valence-electron chi connectivity index (χ3n) is 2.87. The van der Waals surface area contributed by atoms with E-state index in [4.69, 9.17) is 11.0 Å². The van der Waals surface area contributed by atoms with Gasteiger partial charge in [-0.3, -0.25) is 0 Å². The summed E-state index contributed by atoms with van der Waals surface area (Å²) in [5.41, 5.74) is 4.10. The maximum atomic E-state index is 13.3. The predicted octanol–water partition coefficient (Wildman–Crippen LogP) is 2.96. The zero-order valence-corrected chi connectivity index (χ0v) is 10.8. The molecule has 0 atom stereocenters. The molecule has 0 amide bonds. The number of nitrogens with two attached hydrogens (primary N) is 1. The van der Waals surface area contributed by atoms with E-state index in [-0.39, 0.29) is 11.4 Å². The normalized spacial score (nSPS) is 11.4. The highest BCUT2D eigenvalue weighted by atomic mass is 19.4. The standard InChI is InChI=1S/C13H11F3N4/c1-7-6-20(8(2)19-7)11-4-3-10(18)9(5-17)12(11)13(14,15)16/h3-4,6H,18H2,1-2H3. The molecule has 2 N–H and O–H groups in total. The molecule has 0 aliphatic rings. The Hall–Kier alpha value is -2.49. The molecule has 0 aliphatic heterocycles. The zero-order chi connectivity index (χ0) is 15.1. The molecule has 0 unspecified atom stereocenters. The molecule has 4 nitrogen and oxygen atoms in total. The minimum atomic E-state index is -4.68. The highest BCUT2D eigenvalue weighted by molar-refractivity contribution is 5.65. The molecule has 20 heavy (non-hydrogen) atoms. The highest BCUT2D eigenvalue weighted by Crippen LogP contribution is 2.38. The SMILES string of the molecule is Cc1cn(-c2ccc(N)c(C#N)c2C(F)(F)F)c(C)n1. The van der Waals surface area contributed by atoms with Gasteiger partial charge in [0.1, 0.15) is 11.9 Å². The van der Waals surface area contributed by atoms with E-state index in [0.29, 0.717) is 11.5 Å². The predicted molar refractivity (Wildman–Crippen MR) is 67.2 cm³/mol. The smallest absolute Gasteiger partial charge is 0.398 e. The van der Waals surface area contributed by atoms with Crippen LogP contribution in [0.1, 0.15) is 22.6 Å². The zero-order valence-electron chi connectivity index (χ0n) is 10.8. The van der Waals surface area contributed by atoms with Gasteiger partial charge in [-0.1, -0.05) is 0 Å². The number of aryl methyl sites for hydroxylation is 2. The molecule has 0 saturated heterocycles. The van der Waals surface area contributed by atoms with Crippen LogP contribution in [0.3, 0.4) is 0 Å². The molecular formula is C13H11F3N4. The lowest BCUT2D eigenvalue weighted by atomic mass is 10.0. The first kappa shape index (κ1) is 13.9. The maximum absolute atomic E-state index is 13.3. The van der Waals surface area contributed by atoms with E-state index >= 15 is 0 Å². The lowest BCUT2D eigenvalue weighted by molar-refractivity contribution is -0.137. The molecule has 2 rings (SSSR count). The Morgan fingerprint density at radius 2 is 1.95 bits per heavy atom. The van der Waals surface area contributed by atoms with Crippen molar-refractivity contribution in [2.75, 3.05) is 5.73 Å². The maximum Gasteiger partial charge on any atom is 0.419 e. The van der Waals surface area contributed by atoms with Crippen molar-refractivity contribution in [3.63, 3.8) is 0 Å². The Labute approximate surface area is 113 Å². The average Bonchev–Trinajstić information content (AvgIpc) is 2.66. The number of nitrogen functional groups attached to an aromatic ring is 1. The van der Waals surface area contributed by atoms with Crippen LogP contribution >= 0.6 is 0 Å². The topological polar surface area (TPSA) is 67.6 Å². The number of anilines is 1. The van der Waals surface area contributed by atoms with Crippen LogP contribution in [-0.4, -0.2) is 9.55 Å². The first-order valence-corrected chi connectivity index (χ1v) is 5.68. The Morgan fingerprint density at radius 3 is 2.40 bits per heavy atom. The number of benzene rings is 1. The molecule has 0 radical (unpaired) electrons. The van der Waals surface area contributed by atoms with E-state index in [0.717, 1.165) is 0 Å². The number of hydrogen-bond acceptors (Lipinski definition) is 3. The molecule has 1 aromatic carbocycles. The molecule has 0 saturated carbocycles. The summed E-state index contributed by atoms with van der Waals surface area (Å²) in [6.07, 6.45) is -3.20. The number of rotatable bonds is 1. The fraction of sp³-hybridized carbons (Fsp3) is 0.231. The second kappa shape index (κ2) is 4.56. The third kappa shape index (κ3) is 2.20. The first-order chi connectivity index (χ1) is 9.25. The summed E-state index contributed by atoms with van der Waals surface area (Å²) in [4.78, 5) is 4.07. The second-order valence-electron chi connectivity index (χ2n) is 4.33. The second-order valence-corrected chi connectivity index (χ2v) is 4.33. The number of imidazole rings is 1. The number of nitrogens with zero attached hydrogens (tertiary/aromatic N) is 3. The lowest BCUT2D eigenvalue weighted by Crippen LogP contribution is -2.15. The van der Waals surface area contributed by atoms with Crippen LogP contribution in [0.5, 0.6) is 0 Å². The van der Waals surface area contributed by atoms with Gasteiger partial charge < -0.3 is 10.3 Å². The summed E-state index contributed by atoms with van der Waals surface area (Å²) in [5.74, 6) is 0.404. The lowest BCUT2D eigenvalue weighted by Gasteiger charge is -2.17. The van der Waals surface area contributed by atoms with Crippen molar-refractivity contribution in [2.24, 2.45) is 0 Å². The number of aromatic nitrogens is 2. The van der Waals surface area contributed by atoms with Gasteiger partial charge >= 0.3 is 6.18 Å². The summed E-state index contributed by atoms with van der Waals surface area (Å²) >= 11 is 0. The Balaban J connectivity index is 2.85. The molecule has 104 valence electrons. The van der Waals surface area contributed by atoms with Gasteiger partial charge in [0.15, 0.2) is 0 Å². The van der Waals surface area contributed by atoms with Crippen LogP contribution in [0.4, 0.5) is 18.9 Å². The van der Waals surface area contributed by atoms with Gasteiger partial charge in [-0.05, 0) is 26.0 Å². The van der Waals surface area contributed by atoms with E-state index in [1.54, 1.807) is 13.8 Å². The molecular weight excluding hydrogens is 269 g/mol. The molecule has 0 bridgehead atoms. The summed E-state index contributed by atoms with van der Waals surface area (Å²) in [6.45, 7) is 3.27. The monoisotopic (exact) mass is 280 g/mol. The molecule has 1 heterocycles. The molecule has 7 heteroatoms. The van der Waals surface area contributed by atoms with Crippen molar-refractivity contribution >= 4 is 5.69 Å².